The van der Waals surface area contributed by atoms with Gasteiger partial charge in [-0.25, -0.2) is 0 Å². The molecule has 220 valence electrons. The molecule has 1 aliphatic heterocycles. The number of rotatable bonds is 2. The molecular weight excluding hydrogens is 540 g/mol. The third-order valence-electron chi connectivity index (χ3n) is 6.18. The molecule has 9 heteroatoms. The molecule has 1 aliphatic rings. The van der Waals surface area contributed by atoms with Crippen LogP contribution in [0.2, 0.25) is 0 Å². The van der Waals surface area contributed by atoms with Gasteiger partial charge in [-0.05, 0) is 59.7 Å². The van der Waals surface area contributed by atoms with Gasteiger partial charge in [-0.1, -0.05) is 39.1 Å². The molecule has 1 atom stereocenters. The number of fused-ring (bicyclic) bond motifs is 2. The highest BCUT2D eigenvalue weighted by molar-refractivity contribution is 6.04. The second kappa shape index (κ2) is 14.4. The number of aliphatic hydroxyl groups excluding tert-OH is 1. The lowest BCUT2D eigenvalue weighted by Gasteiger charge is -2.24. The van der Waals surface area contributed by atoms with Crippen LogP contribution in [0.4, 0.5) is 0 Å². The van der Waals surface area contributed by atoms with Gasteiger partial charge in [0.2, 0.25) is 0 Å². The fraction of sp³-hybridized carbons (Fsp3) is 0.152. The van der Waals surface area contributed by atoms with Gasteiger partial charge in [0, 0.05) is 19.2 Å². The molecular formula is C33H34O9. The van der Waals surface area contributed by atoms with Crippen LogP contribution in [0.5, 0.6) is 28.7 Å². The van der Waals surface area contributed by atoms with E-state index in [-0.39, 0.29) is 61.6 Å². The van der Waals surface area contributed by atoms with Crippen LogP contribution in [0.25, 0.3) is 22.1 Å². The second-order valence-corrected chi connectivity index (χ2v) is 8.71. The molecule has 0 saturated carbocycles. The first kappa shape index (κ1) is 32.9. The largest absolute Gasteiger partial charge is 0.508 e. The van der Waals surface area contributed by atoms with Crippen LogP contribution < -0.4 is 10.2 Å². The summed E-state index contributed by atoms with van der Waals surface area (Å²) in [6.45, 7) is 0.236. The van der Waals surface area contributed by atoms with Gasteiger partial charge in [-0.15, -0.1) is 0 Å². The Balaban J connectivity index is 0.000000265. The van der Waals surface area contributed by atoms with E-state index >= 15 is 0 Å². The summed E-state index contributed by atoms with van der Waals surface area (Å²) in [5.41, 5.74) is 2.53. The zero-order chi connectivity index (χ0) is 28.8. The number of aromatic hydroxyl groups is 4. The minimum absolute atomic E-state index is 0. The predicted molar refractivity (Wildman–Crippen MR) is 162 cm³/mol. The number of hydrogen-bond donors (Lipinski definition) is 5. The lowest BCUT2D eigenvalue weighted by Crippen LogP contribution is -2.25. The standard InChI is InChI=1S/C15H12O4.C15H10O4.CH4O.2CH4/c2*16-10-3-1-9(2-4-10)13-8-19-14-7-11(17)5-6-12(14)15(13)18;1-2;;/h1-7,13,16-17H,8H2;1-8,16-17H;2H,1H3;2*1H4. The Hall–Kier alpha value is -5.28. The Morgan fingerprint density at radius 3 is 1.86 bits per heavy atom. The Labute approximate surface area is 243 Å². The van der Waals surface area contributed by atoms with Crippen molar-refractivity contribution in [1.29, 1.82) is 0 Å². The van der Waals surface area contributed by atoms with E-state index in [4.69, 9.17) is 14.3 Å². The Morgan fingerprint density at radius 1 is 0.667 bits per heavy atom. The van der Waals surface area contributed by atoms with Crippen LogP contribution in [0, 0.1) is 0 Å². The molecule has 4 aromatic carbocycles. The van der Waals surface area contributed by atoms with Gasteiger partial charge in [0.1, 0.15) is 47.2 Å². The van der Waals surface area contributed by atoms with Crippen LogP contribution in [0.15, 0.2) is 100 Å². The maximum absolute atomic E-state index is 12.4. The van der Waals surface area contributed by atoms with Gasteiger partial charge in [-0.3, -0.25) is 9.59 Å². The molecule has 0 radical (unpaired) electrons. The number of benzene rings is 4. The third kappa shape index (κ3) is 7.07. The number of Topliss-reactive ketones (excluding diaryl/α,β-unsaturated/α-hetero) is 1. The predicted octanol–water partition coefficient (Wildman–Crippen LogP) is 6.21. The molecule has 0 spiro atoms. The molecule has 0 amide bonds. The fourth-order valence-corrected chi connectivity index (χ4v) is 4.18. The summed E-state index contributed by atoms with van der Waals surface area (Å²) in [4.78, 5) is 24.7. The molecule has 2 heterocycles. The monoisotopic (exact) mass is 574 g/mol. The fourth-order valence-electron chi connectivity index (χ4n) is 4.18. The van der Waals surface area contributed by atoms with Gasteiger partial charge < -0.3 is 34.7 Å². The molecule has 9 nitrogen and oxygen atoms in total. The minimum atomic E-state index is -0.377. The van der Waals surface area contributed by atoms with E-state index in [1.807, 2.05) is 0 Å². The van der Waals surface area contributed by atoms with Crippen LogP contribution >= 0.6 is 0 Å². The van der Waals surface area contributed by atoms with Gasteiger partial charge in [0.05, 0.1) is 22.4 Å². The summed E-state index contributed by atoms with van der Waals surface area (Å²) < 4.78 is 10.9. The maximum Gasteiger partial charge on any atom is 0.200 e. The van der Waals surface area contributed by atoms with Gasteiger partial charge >= 0.3 is 0 Å². The molecule has 42 heavy (non-hydrogen) atoms. The van der Waals surface area contributed by atoms with Crippen molar-refractivity contribution in [2.24, 2.45) is 0 Å². The Bertz CT molecular complexity index is 1690. The van der Waals surface area contributed by atoms with E-state index in [1.165, 1.54) is 48.7 Å². The van der Waals surface area contributed by atoms with Crippen LogP contribution in [0.3, 0.4) is 0 Å². The van der Waals surface area contributed by atoms with Gasteiger partial charge in [0.15, 0.2) is 11.2 Å². The number of aliphatic hydroxyl groups is 1. The number of phenolic OH excluding ortho intramolecular Hbond substituents is 4. The lowest BCUT2D eigenvalue weighted by molar-refractivity contribution is 0.0896. The van der Waals surface area contributed by atoms with Gasteiger partial charge in [0.25, 0.3) is 0 Å². The first-order valence-corrected chi connectivity index (χ1v) is 12.1. The number of ketones is 1. The van der Waals surface area contributed by atoms with Crippen molar-refractivity contribution in [2.45, 2.75) is 20.8 Å². The molecule has 0 fully saturated rings. The van der Waals surface area contributed by atoms with E-state index in [9.17, 15) is 30.0 Å². The highest BCUT2D eigenvalue weighted by Crippen LogP contribution is 2.35. The van der Waals surface area contributed by atoms with Crippen molar-refractivity contribution >= 4 is 16.8 Å². The molecule has 5 N–H and O–H groups in total. The summed E-state index contributed by atoms with van der Waals surface area (Å²) >= 11 is 0. The van der Waals surface area contributed by atoms with Gasteiger partial charge in [-0.2, -0.15) is 0 Å². The molecule has 1 aromatic heterocycles. The Kier molecular flexibility index (Phi) is 11.3. The highest BCUT2D eigenvalue weighted by atomic mass is 16.5. The number of carbonyl (C=O) groups is 1. The summed E-state index contributed by atoms with van der Waals surface area (Å²) in [6, 6.07) is 21.7. The number of hydrogen-bond acceptors (Lipinski definition) is 9. The quantitative estimate of drug-likeness (QED) is 0.165. The topological polar surface area (TPSA) is 158 Å². The number of carbonyl (C=O) groups excluding carboxylic acids is 1. The van der Waals surface area contributed by atoms with E-state index in [0.717, 1.165) is 12.7 Å². The van der Waals surface area contributed by atoms with Crippen molar-refractivity contribution < 1.29 is 39.5 Å². The number of phenols is 4. The van der Waals surface area contributed by atoms with Crippen molar-refractivity contribution in [3.63, 3.8) is 0 Å². The zero-order valence-corrected chi connectivity index (χ0v) is 21.3. The number of ether oxygens (including phenoxy) is 1. The van der Waals surface area contributed by atoms with E-state index < -0.39 is 0 Å². The third-order valence-corrected chi connectivity index (χ3v) is 6.18. The normalized spacial score (nSPS) is 13.0. The van der Waals surface area contributed by atoms with E-state index in [1.54, 1.807) is 42.5 Å². The average molecular weight is 575 g/mol. The van der Waals surface area contributed by atoms with Crippen molar-refractivity contribution in [3.05, 3.63) is 113 Å². The van der Waals surface area contributed by atoms with Crippen molar-refractivity contribution in [1.82, 2.24) is 0 Å². The molecule has 1 unspecified atom stereocenters. The van der Waals surface area contributed by atoms with Crippen molar-refractivity contribution in [2.75, 3.05) is 13.7 Å². The minimum Gasteiger partial charge on any atom is -0.508 e. The molecule has 0 saturated heterocycles. The Morgan fingerprint density at radius 2 is 1.21 bits per heavy atom. The lowest BCUT2D eigenvalue weighted by atomic mass is 9.89. The van der Waals surface area contributed by atoms with E-state index in [2.05, 4.69) is 0 Å². The first-order valence-electron chi connectivity index (χ1n) is 12.1. The summed E-state index contributed by atoms with van der Waals surface area (Å²) in [6.07, 6.45) is 1.36. The van der Waals surface area contributed by atoms with Crippen molar-refractivity contribution in [3.8, 4) is 39.9 Å². The van der Waals surface area contributed by atoms with E-state index in [0.29, 0.717) is 33.4 Å². The molecule has 0 aliphatic carbocycles. The highest BCUT2D eigenvalue weighted by Gasteiger charge is 2.30. The smallest absolute Gasteiger partial charge is 0.200 e. The molecule has 0 bridgehead atoms. The summed E-state index contributed by atoms with van der Waals surface area (Å²) in [5.74, 6) is 0.435. The maximum atomic E-state index is 12.4. The van der Waals surface area contributed by atoms with Crippen LogP contribution in [-0.4, -0.2) is 45.0 Å². The summed E-state index contributed by atoms with van der Waals surface area (Å²) in [5, 5.41) is 44.6. The van der Waals surface area contributed by atoms with Crippen LogP contribution in [-0.2, 0) is 0 Å². The molecule has 6 rings (SSSR count). The summed E-state index contributed by atoms with van der Waals surface area (Å²) in [7, 11) is 1.00. The van der Waals surface area contributed by atoms with Crippen LogP contribution in [0.1, 0.15) is 36.7 Å². The first-order chi connectivity index (χ1) is 19.3. The SMILES string of the molecule is C.C.CO.O=C1c2ccc(O)cc2OCC1c1ccc(O)cc1.O=c1c(-c2ccc(O)cc2)coc2cc(O)ccc12. The zero-order valence-electron chi connectivity index (χ0n) is 21.3. The second-order valence-electron chi connectivity index (χ2n) is 8.71. The average Bonchev–Trinajstić information content (AvgIpc) is 2.96. The molecule has 5 aromatic rings.